The van der Waals surface area contributed by atoms with Crippen LogP contribution in [0.15, 0.2) is 30.3 Å². The number of aliphatic hydroxyl groups is 1. The van der Waals surface area contributed by atoms with Crippen molar-refractivity contribution in [2.45, 2.75) is 12.6 Å². The van der Waals surface area contributed by atoms with Gasteiger partial charge in [0.15, 0.2) is 0 Å². The molecule has 0 spiro atoms. The van der Waals surface area contributed by atoms with Gasteiger partial charge in [-0.05, 0) is 5.56 Å². The summed E-state index contributed by atoms with van der Waals surface area (Å²) >= 11 is 0. The molecule has 0 radical (unpaired) electrons. The van der Waals surface area contributed by atoms with Gasteiger partial charge in [-0.2, -0.15) is 0 Å². The number of carbonyl (C=O) groups is 1. The van der Waals surface area contributed by atoms with Crippen LogP contribution in [0, 0.1) is 0 Å². The van der Waals surface area contributed by atoms with Crippen molar-refractivity contribution in [2.75, 3.05) is 13.2 Å². The van der Waals surface area contributed by atoms with E-state index in [4.69, 9.17) is 15.9 Å². The van der Waals surface area contributed by atoms with Crippen LogP contribution in [0.1, 0.15) is 5.56 Å². The molecule has 4 N–H and O–H groups in total. The number of amides is 1. The van der Waals surface area contributed by atoms with Crippen molar-refractivity contribution in [3.8, 4) is 0 Å². The molecule has 0 heterocycles. The first kappa shape index (κ1) is 12.5. The Morgan fingerprint density at radius 2 is 2.00 bits per heavy atom. The van der Waals surface area contributed by atoms with E-state index in [9.17, 15) is 4.79 Å². The molecule has 0 aliphatic heterocycles. The average Bonchev–Trinajstić information content (AvgIpc) is 2.30. The third-order valence-corrected chi connectivity index (χ3v) is 2.37. The molecule has 1 atom stereocenters. The second kappa shape index (κ2) is 6.09. The van der Waals surface area contributed by atoms with E-state index in [0.717, 1.165) is 10.5 Å². The topological polar surface area (TPSA) is 86.8 Å². The van der Waals surface area contributed by atoms with Crippen molar-refractivity contribution in [3.05, 3.63) is 35.9 Å². The van der Waals surface area contributed by atoms with Crippen LogP contribution in [0.4, 0.5) is 4.79 Å². The summed E-state index contributed by atoms with van der Waals surface area (Å²) in [5, 5.41) is 18.1. The van der Waals surface area contributed by atoms with Crippen LogP contribution in [-0.4, -0.2) is 40.4 Å². The van der Waals surface area contributed by atoms with Gasteiger partial charge in [0.2, 0.25) is 0 Å². The van der Waals surface area contributed by atoms with Crippen molar-refractivity contribution in [1.29, 1.82) is 0 Å². The minimum Gasteiger partial charge on any atom is -0.465 e. The minimum absolute atomic E-state index is 0.107. The third kappa shape index (κ3) is 3.22. The number of nitrogens with zero attached hydrogens (tertiary/aromatic N) is 1. The fraction of sp³-hybridized carbons (Fsp3) is 0.364. The molecule has 0 aliphatic carbocycles. The molecule has 0 bridgehead atoms. The van der Waals surface area contributed by atoms with E-state index in [0.29, 0.717) is 0 Å². The molecule has 1 aromatic rings. The van der Waals surface area contributed by atoms with Gasteiger partial charge in [-0.15, -0.1) is 0 Å². The number of rotatable bonds is 5. The van der Waals surface area contributed by atoms with Crippen LogP contribution in [0.5, 0.6) is 0 Å². The van der Waals surface area contributed by atoms with Crippen molar-refractivity contribution in [1.82, 2.24) is 4.90 Å². The fourth-order valence-corrected chi connectivity index (χ4v) is 1.43. The van der Waals surface area contributed by atoms with Gasteiger partial charge in [-0.25, -0.2) is 4.79 Å². The standard InChI is InChI=1S/C11H16N2O3/c12-6-10(8-14)13(11(15)16)7-9-4-2-1-3-5-9/h1-5,10,14H,6-8,12H2,(H,15,16). The van der Waals surface area contributed by atoms with Gasteiger partial charge in [0.25, 0.3) is 0 Å². The molecule has 0 aromatic heterocycles. The van der Waals surface area contributed by atoms with Gasteiger partial charge in [0.05, 0.1) is 12.6 Å². The summed E-state index contributed by atoms with van der Waals surface area (Å²) in [7, 11) is 0. The van der Waals surface area contributed by atoms with Crippen LogP contribution >= 0.6 is 0 Å². The van der Waals surface area contributed by atoms with Crippen LogP contribution in [0.2, 0.25) is 0 Å². The Balaban J connectivity index is 2.76. The second-order valence-corrected chi connectivity index (χ2v) is 3.47. The number of carboxylic acid groups (broad SMARTS) is 1. The normalized spacial score (nSPS) is 12.1. The Bertz CT molecular complexity index is 325. The summed E-state index contributed by atoms with van der Waals surface area (Å²) in [6.07, 6.45) is -1.08. The largest absolute Gasteiger partial charge is 0.465 e. The van der Waals surface area contributed by atoms with Gasteiger partial charge < -0.3 is 15.9 Å². The molecule has 1 unspecified atom stereocenters. The fourth-order valence-electron chi connectivity index (χ4n) is 1.43. The van der Waals surface area contributed by atoms with E-state index < -0.39 is 12.1 Å². The number of hydrogen-bond acceptors (Lipinski definition) is 3. The van der Waals surface area contributed by atoms with Gasteiger partial charge in [-0.3, -0.25) is 4.90 Å². The molecule has 5 heteroatoms. The maximum Gasteiger partial charge on any atom is 0.407 e. The molecule has 1 amide bonds. The van der Waals surface area contributed by atoms with Crippen molar-refractivity contribution < 1.29 is 15.0 Å². The molecule has 1 rings (SSSR count). The second-order valence-electron chi connectivity index (χ2n) is 3.47. The molecular weight excluding hydrogens is 208 g/mol. The lowest BCUT2D eigenvalue weighted by Crippen LogP contribution is -2.45. The summed E-state index contributed by atoms with van der Waals surface area (Å²) in [6, 6.07) is 8.65. The summed E-state index contributed by atoms with van der Waals surface area (Å²) in [5.74, 6) is 0. The highest BCUT2D eigenvalue weighted by Gasteiger charge is 2.21. The Morgan fingerprint density at radius 3 is 2.44 bits per heavy atom. The van der Waals surface area contributed by atoms with Gasteiger partial charge in [0, 0.05) is 13.1 Å². The summed E-state index contributed by atoms with van der Waals surface area (Å²) in [5.41, 5.74) is 6.28. The van der Waals surface area contributed by atoms with Crippen molar-refractivity contribution in [3.63, 3.8) is 0 Å². The Hall–Kier alpha value is -1.59. The zero-order valence-electron chi connectivity index (χ0n) is 8.91. The molecule has 0 saturated carbocycles. The summed E-state index contributed by atoms with van der Waals surface area (Å²) in [6.45, 7) is 0.0733. The molecule has 88 valence electrons. The van der Waals surface area contributed by atoms with Crippen molar-refractivity contribution in [2.24, 2.45) is 5.73 Å². The number of hydrogen-bond donors (Lipinski definition) is 3. The molecule has 0 saturated heterocycles. The molecule has 16 heavy (non-hydrogen) atoms. The van der Waals surface area contributed by atoms with Gasteiger partial charge >= 0.3 is 6.09 Å². The SMILES string of the molecule is NCC(CO)N(Cc1ccccc1)C(=O)O. The highest BCUT2D eigenvalue weighted by Crippen LogP contribution is 2.08. The minimum atomic E-state index is -1.08. The maximum absolute atomic E-state index is 11.0. The zero-order chi connectivity index (χ0) is 12.0. The van der Waals surface area contributed by atoms with E-state index in [1.807, 2.05) is 30.3 Å². The van der Waals surface area contributed by atoms with Gasteiger partial charge in [0.1, 0.15) is 0 Å². The number of aliphatic hydroxyl groups excluding tert-OH is 1. The smallest absolute Gasteiger partial charge is 0.407 e. The summed E-state index contributed by atoms with van der Waals surface area (Å²) < 4.78 is 0. The van der Waals surface area contributed by atoms with Crippen LogP contribution in [0.25, 0.3) is 0 Å². The van der Waals surface area contributed by atoms with Gasteiger partial charge in [-0.1, -0.05) is 30.3 Å². The van der Waals surface area contributed by atoms with E-state index in [1.165, 1.54) is 0 Å². The first-order chi connectivity index (χ1) is 7.69. The lowest BCUT2D eigenvalue weighted by Gasteiger charge is -2.26. The monoisotopic (exact) mass is 224 g/mol. The highest BCUT2D eigenvalue weighted by atomic mass is 16.4. The molecular formula is C11H16N2O3. The molecule has 5 nitrogen and oxygen atoms in total. The Morgan fingerprint density at radius 1 is 1.38 bits per heavy atom. The molecule has 1 aromatic carbocycles. The lowest BCUT2D eigenvalue weighted by molar-refractivity contribution is 0.0961. The summed E-state index contributed by atoms with van der Waals surface area (Å²) in [4.78, 5) is 12.2. The maximum atomic E-state index is 11.0. The predicted molar refractivity (Wildman–Crippen MR) is 59.9 cm³/mol. The number of benzene rings is 1. The number of nitrogens with two attached hydrogens (primary N) is 1. The first-order valence-corrected chi connectivity index (χ1v) is 5.03. The highest BCUT2D eigenvalue weighted by molar-refractivity contribution is 5.65. The Kier molecular flexibility index (Phi) is 4.75. The van der Waals surface area contributed by atoms with Crippen LogP contribution in [-0.2, 0) is 6.54 Å². The van der Waals surface area contributed by atoms with E-state index >= 15 is 0 Å². The van der Waals surface area contributed by atoms with E-state index in [1.54, 1.807) is 0 Å². The van der Waals surface area contributed by atoms with E-state index in [2.05, 4.69) is 0 Å². The average molecular weight is 224 g/mol. The lowest BCUT2D eigenvalue weighted by atomic mass is 10.2. The van der Waals surface area contributed by atoms with Crippen molar-refractivity contribution >= 4 is 6.09 Å². The Labute approximate surface area is 94.1 Å². The van der Waals surface area contributed by atoms with E-state index in [-0.39, 0.29) is 19.7 Å². The molecule has 0 aliphatic rings. The van der Waals surface area contributed by atoms with Crippen LogP contribution < -0.4 is 5.73 Å². The zero-order valence-corrected chi connectivity index (χ0v) is 8.91. The van der Waals surface area contributed by atoms with Crippen LogP contribution in [0.3, 0.4) is 0 Å². The molecule has 0 fully saturated rings. The predicted octanol–water partition coefficient (Wildman–Crippen LogP) is 0.486. The third-order valence-electron chi connectivity index (χ3n) is 2.37. The quantitative estimate of drug-likeness (QED) is 0.679. The first-order valence-electron chi connectivity index (χ1n) is 5.03.